The minimum absolute atomic E-state index is 0.0103. The van der Waals surface area contributed by atoms with Gasteiger partial charge in [0.1, 0.15) is 30.2 Å². The Morgan fingerprint density at radius 2 is 1.90 bits per heavy atom. The second kappa shape index (κ2) is 16.9. The summed E-state index contributed by atoms with van der Waals surface area (Å²) in [6.07, 6.45) is 2.19. The van der Waals surface area contributed by atoms with E-state index in [-0.39, 0.29) is 18.1 Å². The summed E-state index contributed by atoms with van der Waals surface area (Å²) in [5, 5.41) is 53.7. The van der Waals surface area contributed by atoms with E-state index in [1.807, 2.05) is 49.4 Å². The number of allylic oxidation sites excluding steroid dienone is 2. The van der Waals surface area contributed by atoms with Crippen molar-refractivity contribution in [1.82, 2.24) is 5.32 Å². The zero-order chi connectivity index (χ0) is 29.8. The standard InChI is InChI=1S/C31H45NO9/c1-2-32-27(36)13-9-4-3-8-12-22-23(17-16-21(34)15-14-20-10-6-5-7-11-20)25(18-24(22)35)40-31-30(39)29(38)28(37)26(19-33)41-31/h3,5-8,10-11,16-17,21-23,25-26,28-31,33-34,37-39H,2,4,9,12-15,18-19H2,1H3,(H,32,36)/b8-3-,17-16+/t21-,22+,23+,25+,26?,28+,29-,30?,31-/m0/s1. The van der Waals surface area contributed by atoms with Crippen LogP contribution in [0.3, 0.4) is 0 Å². The summed E-state index contributed by atoms with van der Waals surface area (Å²) in [6.45, 7) is 1.89. The number of rotatable bonds is 15. The highest BCUT2D eigenvalue weighted by atomic mass is 16.7. The highest BCUT2D eigenvalue weighted by Gasteiger charge is 2.48. The third-order valence-corrected chi connectivity index (χ3v) is 7.70. The second-order valence-electron chi connectivity index (χ2n) is 10.8. The van der Waals surface area contributed by atoms with Crippen LogP contribution in [0.5, 0.6) is 0 Å². The van der Waals surface area contributed by atoms with Crippen LogP contribution in [0.4, 0.5) is 0 Å². The zero-order valence-electron chi connectivity index (χ0n) is 23.6. The Kier molecular flexibility index (Phi) is 13.6. The molecule has 0 aromatic heterocycles. The molecule has 1 aromatic rings. The second-order valence-corrected chi connectivity index (χ2v) is 10.8. The average molecular weight is 576 g/mol. The van der Waals surface area contributed by atoms with Crippen molar-refractivity contribution in [2.75, 3.05) is 13.2 Å². The highest BCUT2D eigenvalue weighted by molar-refractivity contribution is 5.85. The molecule has 1 aliphatic carbocycles. The van der Waals surface area contributed by atoms with Gasteiger partial charge in [0.15, 0.2) is 6.29 Å². The van der Waals surface area contributed by atoms with Gasteiger partial charge in [-0.1, -0.05) is 54.6 Å². The minimum Gasteiger partial charge on any atom is -0.394 e. The van der Waals surface area contributed by atoms with Gasteiger partial charge in [0.05, 0.1) is 18.8 Å². The lowest BCUT2D eigenvalue weighted by Gasteiger charge is -2.41. The number of Topliss-reactive ketones (excluding diaryl/α,β-unsaturated/α-hetero) is 1. The third kappa shape index (κ3) is 9.82. The number of carbonyl (C=O) groups excluding carboxylic acids is 2. The Labute approximate surface area is 241 Å². The number of unbranched alkanes of at least 4 members (excludes halogenated alkanes) is 1. The number of ketones is 1. The number of aryl methyl sites for hydroxylation is 1. The molecule has 1 amide bonds. The van der Waals surface area contributed by atoms with E-state index in [4.69, 9.17) is 9.47 Å². The van der Waals surface area contributed by atoms with E-state index in [9.17, 15) is 35.1 Å². The largest absolute Gasteiger partial charge is 0.394 e. The average Bonchev–Trinajstić information content (AvgIpc) is 3.26. The quantitative estimate of drug-likeness (QED) is 0.133. The lowest BCUT2D eigenvalue weighted by atomic mass is 9.89. The van der Waals surface area contributed by atoms with Gasteiger partial charge in [-0.25, -0.2) is 0 Å². The first-order valence-corrected chi connectivity index (χ1v) is 14.6. The fourth-order valence-electron chi connectivity index (χ4n) is 5.34. The third-order valence-electron chi connectivity index (χ3n) is 7.70. The Morgan fingerprint density at radius 3 is 2.61 bits per heavy atom. The van der Waals surface area contributed by atoms with E-state index in [2.05, 4.69) is 5.32 Å². The fourth-order valence-corrected chi connectivity index (χ4v) is 5.34. The molecule has 1 saturated heterocycles. The Bertz CT molecular complexity index is 999. The van der Waals surface area contributed by atoms with Crippen LogP contribution < -0.4 is 5.32 Å². The molecule has 1 aliphatic heterocycles. The zero-order valence-corrected chi connectivity index (χ0v) is 23.6. The lowest BCUT2D eigenvalue weighted by molar-refractivity contribution is -0.312. The SMILES string of the molecule is CCNC(=O)CCC/C=C\C[C@H]1C(=O)C[C@@H](O[C@H]2OC(CO)[C@@H](O)[C@H](O)C2O)[C@@H]1/C=C/[C@@H](O)CCc1ccccc1. The molecule has 41 heavy (non-hydrogen) atoms. The van der Waals surface area contributed by atoms with Gasteiger partial charge in [-0.2, -0.15) is 0 Å². The first-order chi connectivity index (χ1) is 19.7. The topological polar surface area (TPSA) is 166 Å². The molecule has 10 nitrogen and oxygen atoms in total. The number of nitrogens with one attached hydrogen (secondary N) is 1. The molecular formula is C31H45NO9. The highest BCUT2D eigenvalue weighted by Crippen LogP contribution is 2.37. The molecule has 0 bridgehead atoms. The predicted octanol–water partition coefficient (Wildman–Crippen LogP) is 1.18. The monoisotopic (exact) mass is 575 g/mol. The first kappa shape index (κ1) is 33.1. The minimum atomic E-state index is -1.59. The maximum Gasteiger partial charge on any atom is 0.219 e. The van der Waals surface area contributed by atoms with Gasteiger partial charge in [-0.05, 0) is 44.6 Å². The normalized spacial score (nSPS) is 31.2. The van der Waals surface area contributed by atoms with Crippen molar-refractivity contribution in [3.05, 3.63) is 60.2 Å². The number of amides is 1. The summed E-state index contributed by atoms with van der Waals surface area (Å²) in [4.78, 5) is 24.7. The fraction of sp³-hybridized carbons (Fsp3) is 0.613. The predicted molar refractivity (Wildman–Crippen MR) is 151 cm³/mol. The molecule has 9 atom stereocenters. The van der Waals surface area contributed by atoms with Crippen LogP contribution in [0, 0.1) is 11.8 Å². The number of ether oxygens (including phenoxy) is 2. The molecule has 1 heterocycles. The lowest BCUT2D eigenvalue weighted by Crippen LogP contribution is -2.59. The van der Waals surface area contributed by atoms with E-state index >= 15 is 0 Å². The Morgan fingerprint density at radius 1 is 1.15 bits per heavy atom. The Balaban J connectivity index is 1.67. The van der Waals surface area contributed by atoms with Crippen LogP contribution in [-0.4, -0.2) is 93.3 Å². The molecule has 1 saturated carbocycles. The summed E-state index contributed by atoms with van der Waals surface area (Å²) in [5.41, 5.74) is 1.11. The van der Waals surface area contributed by atoms with Gasteiger partial charge >= 0.3 is 0 Å². The number of hydrogen-bond donors (Lipinski definition) is 6. The molecule has 0 radical (unpaired) electrons. The molecular weight excluding hydrogens is 530 g/mol. The first-order valence-electron chi connectivity index (χ1n) is 14.6. The van der Waals surface area contributed by atoms with Gasteiger partial charge in [0.2, 0.25) is 5.91 Å². The number of aliphatic hydroxyl groups is 5. The van der Waals surface area contributed by atoms with Crippen molar-refractivity contribution >= 4 is 11.7 Å². The Hall–Kier alpha value is -2.44. The van der Waals surface area contributed by atoms with Crippen molar-refractivity contribution < 1.29 is 44.6 Å². The molecule has 6 N–H and O–H groups in total. The van der Waals surface area contributed by atoms with E-state index in [0.29, 0.717) is 45.1 Å². The molecule has 2 fully saturated rings. The molecule has 2 unspecified atom stereocenters. The molecule has 2 aliphatic rings. The van der Waals surface area contributed by atoms with Gasteiger partial charge in [0.25, 0.3) is 0 Å². The van der Waals surface area contributed by atoms with Crippen LogP contribution in [-0.2, 0) is 25.5 Å². The summed E-state index contributed by atoms with van der Waals surface area (Å²) in [6, 6.07) is 9.82. The van der Waals surface area contributed by atoms with Crippen LogP contribution in [0.25, 0.3) is 0 Å². The van der Waals surface area contributed by atoms with Crippen molar-refractivity contribution in [3.63, 3.8) is 0 Å². The van der Waals surface area contributed by atoms with E-state index in [0.717, 1.165) is 5.56 Å². The number of hydrogen-bond acceptors (Lipinski definition) is 9. The van der Waals surface area contributed by atoms with Crippen molar-refractivity contribution in [2.45, 2.75) is 94.8 Å². The molecule has 228 valence electrons. The van der Waals surface area contributed by atoms with Gasteiger partial charge < -0.3 is 40.3 Å². The van der Waals surface area contributed by atoms with E-state index < -0.39 is 61.4 Å². The van der Waals surface area contributed by atoms with Crippen LogP contribution >= 0.6 is 0 Å². The van der Waals surface area contributed by atoms with Gasteiger partial charge in [-0.15, -0.1) is 0 Å². The van der Waals surface area contributed by atoms with Crippen molar-refractivity contribution in [3.8, 4) is 0 Å². The summed E-state index contributed by atoms with van der Waals surface area (Å²) in [7, 11) is 0. The van der Waals surface area contributed by atoms with Crippen molar-refractivity contribution in [1.29, 1.82) is 0 Å². The van der Waals surface area contributed by atoms with Crippen LogP contribution in [0.15, 0.2) is 54.6 Å². The summed E-state index contributed by atoms with van der Waals surface area (Å²) in [5.74, 6) is -0.917. The summed E-state index contributed by atoms with van der Waals surface area (Å²) < 4.78 is 11.5. The maximum absolute atomic E-state index is 13.1. The number of carbonyl (C=O) groups is 2. The van der Waals surface area contributed by atoms with Gasteiger partial charge in [0, 0.05) is 31.2 Å². The molecule has 3 rings (SSSR count). The molecule has 10 heteroatoms. The van der Waals surface area contributed by atoms with Gasteiger partial charge in [-0.3, -0.25) is 9.59 Å². The summed E-state index contributed by atoms with van der Waals surface area (Å²) >= 11 is 0. The van der Waals surface area contributed by atoms with E-state index in [1.54, 1.807) is 12.2 Å². The molecule has 0 spiro atoms. The van der Waals surface area contributed by atoms with E-state index in [1.165, 1.54) is 0 Å². The maximum atomic E-state index is 13.1. The van der Waals surface area contributed by atoms with Crippen molar-refractivity contribution in [2.24, 2.45) is 11.8 Å². The number of benzene rings is 1. The molecule has 1 aromatic carbocycles. The number of aliphatic hydroxyl groups excluding tert-OH is 5. The van der Waals surface area contributed by atoms with Crippen LogP contribution in [0.1, 0.15) is 51.0 Å². The van der Waals surface area contributed by atoms with Crippen LogP contribution in [0.2, 0.25) is 0 Å². The smallest absolute Gasteiger partial charge is 0.219 e.